The topological polar surface area (TPSA) is 71.3 Å². The summed E-state index contributed by atoms with van der Waals surface area (Å²) in [6.45, 7) is 3.50. The number of pyridine rings is 1. The smallest absolute Gasteiger partial charge is 0.323 e. The molecule has 7 heteroatoms. The highest BCUT2D eigenvalue weighted by Crippen LogP contribution is 2.36. The van der Waals surface area contributed by atoms with Crippen molar-refractivity contribution in [3.63, 3.8) is 0 Å². The Morgan fingerprint density at radius 2 is 1.74 bits per heavy atom. The fourth-order valence-corrected chi connectivity index (χ4v) is 5.87. The second-order valence-corrected chi connectivity index (χ2v) is 9.81. The van der Waals surface area contributed by atoms with Gasteiger partial charge in [0.2, 0.25) is 0 Å². The molecule has 4 aromatic rings. The van der Waals surface area contributed by atoms with Crippen LogP contribution in [0.2, 0.25) is 0 Å². The molecule has 6 rings (SSSR count). The Kier molecular flexibility index (Phi) is 5.41. The van der Waals surface area contributed by atoms with Crippen LogP contribution in [0, 0.1) is 5.92 Å². The number of nitrogens with one attached hydrogen (secondary N) is 2. The molecule has 2 aromatic carbocycles. The standard InChI is InChI=1S/C28H29N5O2/c1-31-16-21(23-9-5-6-10-26(23)31)18-32-14-19-13-20(17-32)25-12-11-24(27(34)33(25)15-19)30-28(35)29-22-7-3-2-4-8-22/h2-12,16,19-20H,13-15,17-18H2,1H3,(H2,29,30,35)/t19-,20-/m1/s1. The van der Waals surface area contributed by atoms with E-state index in [-0.39, 0.29) is 5.56 Å². The summed E-state index contributed by atoms with van der Waals surface area (Å²) in [6.07, 6.45) is 3.35. The summed E-state index contributed by atoms with van der Waals surface area (Å²) in [5, 5.41) is 6.83. The summed E-state index contributed by atoms with van der Waals surface area (Å²) >= 11 is 0. The van der Waals surface area contributed by atoms with Gasteiger partial charge < -0.3 is 19.8 Å². The number of aryl methyl sites for hydroxylation is 1. The predicted octanol–water partition coefficient (Wildman–Crippen LogP) is 4.60. The van der Waals surface area contributed by atoms with E-state index in [0.29, 0.717) is 29.8 Å². The van der Waals surface area contributed by atoms with Crippen molar-refractivity contribution in [3.05, 3.63) is 94.5 Å². The van der Waals surface area contributed by atoms with Crippen LogP contribution < -0.4 is 16.2 Å². The second-order valence-electron chi connectivity index (χ2n) is 9.81. The van der Waals surface area contributed by atoms with Gasteiger partial charge in [0.1, 0.15) is 5.69 Å². The third-order valence-corrected chi connectivity index (χ3v) is 7.33. The normalized spacial score (nSPS) is 19.3. The van der Waals surface area contributed by atoms with Crippen LogP contribution in [0.1, 0.15) is 23.6 Å². The Hall–Kier alpha value is -3.84. The van der Waals surface area contributed by atoms with Crippen molar-refractivity contribution in [1.82, 2.24) is 14.0 Å². The minimum absolute atomic E-state index is 0.122. The van der Waals surface area contributed by atoms with Crippen LogP contribution in [0.4, 0.5) is 16.2 Å². The zero-order valence-corrected chi connectivity index (χ0v) is 19.8. The lowest BCUT2D eigenvalue weighted by Gasteiger charge is -2.43. The summed E-state index contributed by atoms with van der Waals surface area (Å²) in [5.41, 5.74) is 4.56. The fraction of sp³-hybridized carbons (Fsp3) is 0.286. The van der Waals surface area contributed by atoms with Gasteiger partial charge in [-0.05, 0) is 48.2 Å². The van der Waals surface area contributed by atoms with Crippen molar-refractivity contribution < 1.29 is 4.79 Å². The molecule has 0 saturated carbocycles. The van der Waals surface area contributed by atoms with Crippen LogP contribution in [0.15, 0.2) is 77.7 Å². The number of amides is 2. The maximum absolute atomic E-state index is 13.3. The van der Waals surface area contributed by atoms with Crippen molar-refractivity contribution in [2.24, 2.45) is 13.0 Å². The van der Waals surface area contributed by atoms with E-state index in [1.807, 2.05) is 41.0 Å². The summed E-state index contributed by atoms with van der Waals surface area (Å²) in [7, 11) is 2.10. The summed E-state index contributed by atoms with van der Waals surface area (Å²) in [6, 6.07) is 21.1. The quantitative estimate of drug-likeness (QED) is 0.461. The molecular weight excluding hydrogens is 438 g/mol. The van der Waals surface area contributed by atoms with E-state index in [2.05, 4.69) is 57.6 Å². The van der Waals surface area contributed by atoms with Crippen molar-refractivity contribution in [3.8, 4) is 0 Å². The molecule has 2 bridgehead atoms. The Bertz CT molecular complexity index is 1460. The summed E-state index contributed by atoms with van der Waals surface area (Å²) in [5.74, 6) is 0.736. The number of rotatable bonds is 4. The molecule has 2 N–H and O–H groups in total. The molecule has 2 aliphatic heterocycles. The lowest BCUT2D eigenvalue weighted by atomic mass is 9.83. The molecule has 1 saturated heterocycles. The number of hydrogen-bond acceptors (Lipinski definition) is 3. The molecule has 178 valence electrons. The van der Waals surface area contributed by atoms with E-state index < -0.39 is 6.03 Å². The number of aromatic nitrogens is 2. The molecule has 0 unspecified atom stereocenters. The molecule has 35 heavy (non-hydrogen) atoms. The van der Waals surface area contributed by atoms with Gasteiger partial charge in [-0.15, -0.1) is 0 Å². The van der Waals surface area contributed by atoms with Crippen molar-refractivity contribution >= 4 is 28.3 Å². The van der Waals surface area contributed by atoms with Crippen molar-refractivity contribution in [1.29, 1.82) is 0 Å². The molecule has 0 radical (unpaired) electrons. The average molecular weight is 468 g/mol. The fourth-order valence-electron chi connectivity index (χ4n) is 5.87. The van der Waals surface area contributed by atoms with Crippen LogP contribution >= 0.6 is 0 Å². The number of carbonyl (C=O) groups excluding carboxylic acids is 1. The van der Waals surface area contributed by atoms with Gasteiger partial charge in [0, 0.05) is 67.6 Å². The number of para-hydroxylation sites is 2. The van der Waals surface area contributed by atoms with Gasteiger partial charge >= 0.3 is 6.03 Å². The number of anilines is 2. The van der Waals surface area contributed by atoms with Crippen LogP contribution in [0.5, 0.6) is 0 Å². The molecule has 2 amide bonds. The predicted molar refractivity (Wildman–Crippen MR) is 139 cm³/mol. The van der Waals surface area contributed by atoms with Gasteiger partial charge in [-0.25, -0.2) is 4.79 Å². The number of piperidine rings is 1. The summed E-state index contributed by atoms with van der Waals surface area (Å²) in [4.78, 5) is 28.2. The largest absolute Gasteiger partial charge is 0.350 e. The minimum atomic E-state index is -0.411. The lowest BCUT2D eigenvalue weighted by molar-refractivity contribution is 0.115. The van der Waals surface area contributed by atoms with Crippen molar-refractivity contribution in [2.45, 2.75) is 25.4 Å². The molecular formula is C28H29N5O2. The Morgan fingerprint density at radius 1 is 0.943 bits per heavy atom. The number of benzene rings is 2. The maximum atomic E-state index is 13.3. The molecule has 2 aliphatic rings. The highest BCUT2D eigenvalue weighted by Gasteiger charge is 2.35. The maximum Gasteiger partial charge on any atom is 0.323 e. The van der Waals surface area contributed by atoms with Gasteiger partial charge in [-0.1, -0.05) is 36.4 Å². The Labute approximate surface area is 204 Å². The molecule has 7 nitrogen and oxygen atoms in total. The number of urea groups is 1. The number of carbonyl (C=O) groups is 1. The number of hydrogen-bond donors (Lipinski definition) is 2. The Morgan fingerprint density at radius 3 is 2.60 bits per heavy atom. The van der Waals surface area contributed by atoms with Gasteiger partial charge in [0.15, 0.2) is 0 Å². The molecule has 2 aromatic heterocycles. The van der Waals surface area contributed by atoms with E-state index in [1.54, 1.807) is 6.07 Å². The summed E-state index contributed by atoms with van der Waals surface area (Å²) < 4.78 is 4.08. The molecule has 1 fully saturated rings. The van der Waals surface area contributed by atoms with Crippen LogP contribution in [0.3, 0.4) is 0 Å². The first kappa shape index (κ1) is 21.7. The number of fused-ring (bicyclic) bond motifs is 5. The SMILES string of the molecule is Cn1cc(CN2C[C@H]3C[C@H](C2)c2ccc(NC(=O)Nc4ccccc4)c(=O)n2C3)c2ccccc21. The molecule has 0 aliphatic carbocycles. The van der Waals surface area contributed by atoms with E-state index in [9.17, 15) is 9.59 Å². The molecule has 2 atom stereocenters. The van der Waals surface area contributed by atoms with E-state index in [1.165, 1.54) is 16.5 Å². The Balaban J connectivity index is 1.19. The van der Waals surface area contributed by atoms with Crippen LogP contribution in [-0.4, -0.2) is 33.2 Å². The van der Waals surface area contributed by atoms with Gasteiger partial charge in [0.25, 0.3) is 5.56 Å². The van der Waals surface area contributed by atoms with Crippen molar-refractivity contribution in [2.75, 3.05) is 23.7 Å². The average Bonchev–Trinajstić information content (AvgIpc) is 3.17. The molecule has 4 heterocycles. The zero-order valence-electron chi connectivity index (χ0n) is 19.8. The number of likely N-dealkylation sites (tertiary alicyclic amines) is 1. The first-order valence-corrected chi connectivity index (χ1v) is 12.2. The number of nitrogens with zero attached hydrogens (tertiary/aromatic N) is 3. The first-order chi connectivity index (χ1) is 17.0. The third-order valence-electron chi connectivity index (χ3n) is 7.33. The first-order valence-electron chi connectivity index (χ1n) is 12.2. The van der Waals surface area contributed by atoms with Gasteiger partial charge in [-0.3, -0.25) is 9.69 Å². The van der Waals surface area contributed by atoms with Gasteiger partial charge in [0.05, 0.1) is 0 Å². The van der Waals surface area contributed by atoms with E-state index >= 15 is 0 Å². The highest BCUT2D eigenvalue weighted by atomic mass is 16.2. The van der Waals surface area contributed by atoms with E-state index in [0.717, 1.165) is 31.7 Å². The zero-order chi connectivity index (χ0) is 23.9. The van der Waals surface area contributed by atoms with Crippen LogP contribution in [0.25, 0.3) is 10.9 Å². The van der Waals surface area contributed by atoms with Crippen LogP contribution in [-0.2, 0) is 20.1 Å². The van der Waals surface area contributed by atoms with E-state index in [4.69, 9.17) is 0 Å². The minimum Gasteiger partial charge on any atom is -0.350 e. The second kappa shape index (κ2) is 8.74. The van der Waals surface area contributed by atoms with Gasteiger partial charge in [-0.2, -0.15) is 0 Å². The monoisotopic (exact) mass is 467 g/mol. The highest BCUT2D eigenvalue weighted by molar-refractivity contribution is 5.99. The third kappa shape index (κ3) is 4.12. The lowest BCUT2D eigenvalue weighted by Crippen LogP contribution is -2.47. The molecule has 0 spiro atoms.